The molecule has 0 saturated heterocycles. The number of carbonyl (C=O) groups is 2. The molecule has 0 heterocycles. The first-order valence-corrected chi connectivity index (χ1v) is 16.8. The van der Waals surface area contributed by atoms with Gasteiger partial charge in [-0.1, -0.05) is 60.0 Å². The van der Waals surface area contributed by atoms with Gasteiger partial charge in [0.2, 0.25) is 0 Å². The highest BCUT2D eigenvalue weighted by molar-refractivity contribution is 7.85. The van der Waals surface area contributed by atoms with Crippen molar-refractivity contribution < 1.29 is 62.9 Å². The van der Waals surface area contributed by atoms with E-state index in [9.17, 15) is 48.9 Å². The van der Waals surface area contributed by atoms with E-state index in [2.05, 4.69) is 39.0 Å². The van der Waals surface area contributed by atoms with Gasteiger partial charge in [0.15, 0.2) is 0 Å². The lowest BCUT2D eigenvalue weighted by Gasteiger charge is -2.39. The molecular formula is C31H47F6NO7S. The van der Waals surface area contributed by atoms with Crippen LogP contribution in [0.1, 0.15) is 96.3 Å². The predicted octanol–water partition coefficient (Wildman–Crippen LogP) is 7.74. The highest BCUT2D eigenvalue weighted by Gasteiger charge is 2.75. The molecule has 0 atom stereocenters. The standard InChI is InChI=1S/C16H36N.C15H12F6O7S/c1-5-9-13-17(14-10-6-2,15-11-7-3)16-12-8-4;1-8(2)11(22)27-10-5-3-9(4-6-10)12(23)28-13(14(16,17)18,15(19,20)21)7-29(24,25)26/h5-16H2,1-4H3;3-6H,1,7H2,2H3,(H,24,25,26)/q+1;/p-1. The molecule has 0 aliphatic heterocycles. The normalized spacial score (nSPS) is 12.6. The van der Waals surface area contributed by atoms with Crippen LogP contribution in [0.2, 0.25) is 0 Å². The monoisotopic (exact) mass is 691 g/mol. The lowest BCUT2D eigenvalue weighted by atomic mass is 10.1. The highest BCUT2D eigenvalue weighted by atomic mass is 32.2. The Labute approximate surface area is 268 Å². The summed E-state index contributed by atoms with van der Waals surface area (Å²) in [4.78, 5) is 23.2. The molecule has 8 nitrogen and oxygen atoms in total. The lowest BCUT2D eigenvalue weighted by molar-refractivity contribution is -0.929. The number of carbonyl (C=O) groups excluding carboxylic acids is 2. The van der Waals surface area contributed by atoms with Crippen LogP contribution in [-0.2, 0) is 19.6 Å². The lowest BCUT2D eigenvalue weighted by Crippen LogP contribution is -2.63. The number of hydrogen-bond acceptors (Lipinski definition) is 7. The van der Waals surface area contributed by atoms with Crippen LogP contribution in [0.3, 0.4) is 0 Å². The van der Waals surface area contributed by atoms with Crippen LogP contribution in [0.25, 0.3) is 0 Å². The second-order valence-corrected chi connectivity index (χ2v) is 12.7. The van der Waals surface area contributed by atoms with E-state index in [1.165, 1.54) is 89.0 Å². The summed E-state index contributed by atoms with van der Waals surface area (Å²) in [6, 6.07) is 3.02. The largest absolute Gasteiger partial charge is 0.748 e. The van der Waals surface area contributed by atoms with Crippen molar-refractivity contribution in [2.45, 2.75) is 104 Å². The van der Waals surface area contributed by atoms with Crippen molar-refractivity contribution in [3.63, 3.8) is 0 Å². The molecule has 1 aromatic carbocycles. The molecule has 266 valence electrons. The van der Waals surface area contributed by atoms with Crippen LogP contribution in [0.4, 0.5) is 26.3 Å². The molecule has 0 aliphatic carbocycles. The molecule has 0 aliphatic rings. The van der Waals surface area contributed by atoms with Crippen molar-refractivity contribution in [3.8, 4) is 5.75 Å². The van der Waals surface area contributed by atoms with Crippen molar-refractivity contribution in [1.29, 1.82) is 0 Å². The average molecular weight is 692 g/mol. The molecule has 0 unspecified atom stereocenters. The van der Waals surface area contributed by atoms with Gasteiger partial charge in [-0.25, -0.2) is 18.0 Å². The maximum Gasteiger partial charge on any atom is 0.438 e. The summed E-state index contributed by atoms with van der Waals surface area (Å²) in [5.74, 6) is -6.45. The fourth-order valence-corrected chi connectivity index (χ4v) is 5.32. The molecule has 0 saturated carbocycles. The number of esters is 2. The Morgan fingerprint density at radius 2 is 1.15 bits per heavy atom. The molecule has 0 radical (unpaired) electrons. The van der Waals surface area contributed by atoms with E-state index >= 15 is 0 Å². The fourth-order valence-electron chi connectivity index (χ4n) is 4.43. The van der Waals surface area contributed by atoms with Crippen LogP contribution < -0.4 is 4.74 Å². The molecule has 46 heavy (non-hydrogen) atoms. The Bertz CT molecular complexity index is 1150. The predicted molar refractivity (Wildman–Crippen MR) is 161 cm³/mol. The number of ether oxygens (including phenoxy) is 2. The summed E-state index contributed by atoms with van der Waals surface area (Å²) in [5, 5.41) is 0. The quantitative estimate of drug-likeness (QED) is 0.0387. The zero-order chi connectivity index (χ0) is 35.8. The Morgan fingerprint density at radius 3 is 1.43 bits per heavy atom. The number of halogens is 6. The minimum absolute atomic E-state index is 0.0209. The molecule has 1 aromatic rings. The second kappa shape index (κ2) is 19.2. The molecule has 0 amide bonds. The van der Waals surface area contributed by atoms with Crippen molar-refractivity contribution in [3.05, 3.63) is 42.0 Å². The van der Waals surface area contributed by atoms with E-state index in [1.54, 1.807) is 0 Å². The van der Waals surface area contributed by atoms with Gasteiger partial charge in [-0.05, 0) is 56.9 Å². The van der Waals surface area contributed by atoms with Gasteiger partial charge in [-0.2, -0.15) is 26.3 Å². The third kappa shape index (κ3) is 14.4. The van der Waals surface area contributed by atoms with E-state index in [0.717, 1.165) is 12.1 Å². The number of benzene rings is 1. The maximum atomic E-state index is 13.1. The van der Waals surface area contributed by atoms with Crippen LogP contribution in [-0.4, -0.2) is 79.3 Å². The summed E-state index contributed by atoms with van der Waals surface area (Å²) >= 11 is 0. The van der Waals surface area contributed by atoms with E-state index in [1.807, 2.05) is 0 Å². The minimum atomic E-state index is -6.48. The zero-order valence-electron chi connectivity index (χ0n) is 27.2. The van der Waals surface area contributed by atoms with Crippen molar-refractivity contribution in [2.24, 2.45) is 0 Å². The van der Waals surface area contributed by atoms with Crippen LogP contribution in [0, 0.1) is 0 Å². The smallest absolute Gasteiger partial charge is 0.438 e. The summed E-state index contributed by atoms with van der Waals surface area (Å²) in [6.07, 6.45) is -1.89. The van der Waals surface area contributed by atoms with Gasteiger partial charge in [0.05, 0.1) is 47.6 Å². The molecule has 0 bridgehead atoms. The van der Waals surface area contributed by atoms with E-state index < -0.39 is 51.3 Å². The zero-order valence-corrected chi connectivity index (χ0v) is 28.0. The fraction of sp³-hybridized carbons (Fsp3) is 0.677. The summed E-state index contributed by atoms with van der Waals surface area (Å²) in [6.45, 7) is 19.6. The molecule has 0 aromatic heterocycles. The Hall–Kier alpha value is -2.65. The third-order valence-corrected chi connectivity index (χ3v) is 7.92. The molecule has 0 fully saturated rings. The first-order valence-electron chi connectivity index (χ1n) is 15.3. The second-order valence-electron chi connectivity index (χ2n) is 11.3. The summed E-state index contributed by atoms with van der Waals surface area (Å²) in [5.41, 5.74) is -6.48. The Kier molecular flexibility index (Phi) is 18.1. The number of rotatable bonds is 18. The number of unbranched alkanes of at least 4 members (excludes halogenated alkanes) is 4. The molecule has 15 heteroatoms. The van der Waals surface area contributed by atoms with Crippen molar-refractivity contribution in [1.82, 2.24) is 0 Å². The van der Waals surface area contributed by atoms with Crippen LogP contribution >= 0.6 is 0 Å². The van der Waals surface area contributed by atoms with Crippen LogP contribution in [0.5, 0.6) is 5.75 Å². The van der Waals surface area contributed by atoms with E-state index in [-0.39, 0.29) is 11.3 Å². The molecule has 1 rings (SSSR count). The van der Waals surface area contributed by atoms with Crippen molar-refractivity contribution >= 4 is 22.1 Å². The number of nitrogens with zero attached hydrogens (tertiary/aromatic N) is 1. The van der Waals surface area contributed by atoms with Gasteiger partial charge in [0.25, 0.3) is 0 Å². The van der Waals surface area contributed by atoms with Gasteiger partial charge in [0, 0.05) is 5.57 Å². The van der Waals surface area contributed by atoms with E-state index in [4.69, 9.17) is 4.74 Å². The first-order chi connectivity index (χ1) is 21.1. The van der Waals surface area contributed by atoms with Crippen LogP contribution in [0.15, 0.2) is 36.4 Å². The Morgan fingerprint density at radius 1 is 0.783 bits per heavy atom. The van der Waals surface area contributed by atoms with Gasteiger partial charge in [-0.15, -0.1) is 0 Å². The average Bonchev–Trinajstić information content (AvgIpc) is 2.94. The Balaban J connectivity index is 0.00000102. The number of hydrogen-bond donors (Lipinski definition) is 0. The van der Waals surface area contributed by atoms with Gasteiger partial charge in [0.1, 0.15) is 5.75 Å². The van der Waals surface area contributed by atoms with E-state index in [0.29, 0.717) is 12.1 Å². The summed E-state index contributed by atoms with van der Waals surface area (Å²) < 4.78 is 120. The molecular weight excluding hydrogens is 644 g/mol. The third-order valence-electron chi connectivity index (χ3n) is 7.16. The number of alkyl halides is 6. The van der Waals surface area contributed by atoms with Crippen molar-refractivity contribution in [2.75, 3.05) is 31.9 Å². The molecule has 0 N–H and O–H groups in total. The first kappa shape index (κ1) is 43.4. The molecule has 0 spiro atoms. The van der Waals surface area contributed by atoms with Gasteiger partial charge < -0.3 is 18.5 Å². The highest BCUT2D eigenvalue weighted by Crippen LogP contribution is 2.47. The minimum Gasteiger partial charge on any atom is -0.748 e. The maximum absolute atomic E-state index is 13.1. The number of quaternary nitrogens is 1. The van der Waals surface area contributed by atoms with Gasteiger partial charge >= 0.3 is 29.9 Å². The van der Waals surface area contributed by atoms with Gasteiger partial charge in [-0.3, -0.25) is 0 Å². The SMILES string of the molecule is C=C(C)C(=O)Oc1ccc(C(=O)OC(CS(=O)(=O)[O-])(C(F)(F)F)C(F)(F)F)cc1.CCCC[N+](CCCC)(CCCC)CCCC. The summed E-state index contributed by atoms with van der Waals surface area (Å²) in [7, 11) is -6.14. The topological polar surface area (TPSA) is 110 Å².